The summed E-state index contributed by atoms with van der Waals surface area (Å²) in [6.45, 7) is 10.1. The molecular weight excluding hydrogens is 450 g/mol. The fraction of sp³-hybridized carbons (Fsp3) is 0.867. The van der Waals surface area contributed by atoms with E-state index < -0.39 is 0 Å². The highest BCUT2D eigenvalue weighted by atomic mass is 16.3. The molecule has 202 valence electrons. The second-order valence-corrected chi connectivity index (χ2v) is 13.3. The third kappa shape index (κ3) is 4.39. The highest BCUT2D eigenvalue weighted by Crippen LogP contribution is 2.67. The molecule has 8 atom stereocenters. The SMILES string of the molecule is CNC(=O)N1CCN(C(=O)CCC(C)[C@H]2CC[C@H]3[C@@H]4CC=C5C[C@@H](O)CC[C@]5(C)[C@H]4CC[C@]23C)CC1. The van der Waals surface area contributed by atoms with Gasteiger partial charge in [-0.2, -0.15) is 0 Å². The molecule has 0 radical (unpaired) electrons. The van der Waals surface area contributed by atoms with Gasteiger partial charge in [0.1, 0.15) is 0 Å². The first-order valence-corrected chi connectivity index (χ1v) is 14.8. The maximum absolute atomic E-state index is 13.0. The lowest BCUT2D eigenvalue weighted by Crippen LogP contribution is -2.52. The fourth-order valence-corrected chi connectivity index (χ4v) is 9.64. The van der Waals surface area contributed by atoms with Crippen LogP contribution in [0, 0.1) is 40.4 Å². The Morgan fingerprint density at radius 1 is 1.06 bits per heavy atom. The molecule has 0 aromatic carbocycles. The van der Waals surface area contributed by atoms with Gasteiger partial charge in [-0.1, -0.05) is 32.4 Å². The first-order chi connectivity index (χ1) is 17.2. The number of fused-ring (bicyclic) bond motifs is 5. The van der Waals surface area contributed by atoms with Gasteiger partial charge in [0.05, 0.1) is 6.10 Å². The summed E-state index contributed by atoms with van der Waals surface area (Å²) in [5.41, 5.74) is 2.27. The number of allylic oxidation sites excluding steroid dienone is 1. The van der Waals surface area contributed by atoms with E-state index in [4.69, 9.17) is 0 Å². The van der Waals surface area contributed by atoms with Gasteiger partial charge in [-0.25, -0.2) is 4.79 Å². The molecule has 0 aromatic rings. The van der Waals surface area contributed by atoms with E-state index in [1.165, 1.54) is 32.1 Å². The molecule has 6 heteroatoms. The first-order valence-electron chi connectivity index (χ1n) is 14.8. The van der Waals surface area contributed by atoms with E-state index in [9.17, 15) is 14.7 Å². The Labute approximate surface area is 218 Å². The van der Waals surface area contributed by atoms with Crippen molar-refractivity contribution >= 4 is 11.9 Å². The number of aliphatic hydroxyl groups is 1. The predicted octanol–water partition coefficient (Wildman–Crippen LogP) is 4.83. The predicted molar refractivity (Wildman–Crippen MR) is 142 cm³/mol. The number of hydrogen-bond donors (Lipinski definition) is 2. The van der Waals surface area contributed by atoms with Crippen LogP contribution >= 0.6 is 0 Å². The molecule has 4 fully saturated rings. The van der Waals surface area contributed by atoms with Gasteiger partial charge in [0.2, 0.25) is 5.91 Å². The summed E-state index contributed by atoms with van der Waals surface area (Å²) >= 11 is 0. The summed E-state index contributed by atoms with van der Waals surface area (Å²) in [7, 11) is 1.66. The van der Waals surface area contributed by atoms with Gasteiger partial charge in [-0.15, -0.1) is 0 Å². The molecule has 5 rings (SSSR count). The lowest BCUT2D eigenvalue weighted by Gasteiger charge is -2.58. The van der Waals surface area contributed by atoms with Gasteiger partial charge in [0.15, 0.2) is 0 Å². The van der Waals surface area contributed by atoms with Crippen molar-refractivity contribution < 1.29 is 14.7 Å². The van der Waals surface area contributed by atoms with Crippen LogP contribution in [0.3, 0.4) is 0 Å². The van der Waals surface area contributed by atoms with Crippen molar-refractivity contribution in [2.24, 2.45) is 40.4 Å². The van der Waals surface area contributed by atoms with E-state index in [1.807, 2.05) is 4.90 Å². The molecule has 2 N–H and O–H groups in total. The third-order valence-corrected chi connectivity index (χ3v) is 11.8. The van der Waals surface area contributed by atoms with Gasteiger partial charge in [-0.3, -0.25) is 4.79 Å². The molecular formula is C30H49N3O3. The lowest BCUT2D eigenvalue weighted by molar-refractivity contribution is -0.133. The van der Waals surface area contributed by atoms with E-state index in [0.29, 0.717) is 55.3 Å². The summed E-state index contributed by atoms with van der Waals surface area (Å²) in [4.78, 5) is 28.6. The van der Waals surface area contributed by atoms with Crippen LogP contribution in [0.25, 0.3) is 0 Å². The van der Waals surface area contributed by atoms with E-state index >= 15 is 0 Å². The van der Waals surface area contributed by atoms with Crippen molar-refractivity contribution in [2.45, 2.75) is 91.1 Å². The van der Waals surface area contributed by atoms with Gasteiger partial charge < -0.3 is 20.2 Å². The summed E-state index contributed by atoms with van der Waals surface area (Å²) in [5.74, 6) is 3.93. The topological polar surface area (TPSA) is 72.9 Å². The van der Waals surface area contributed by atoms with Gasteiger partial charge in [-0.05, 0) is 98.2 Å². The Balaban J connectivity index is 1.18. The van der Waals surface area contributed by atoms with Crippen molar-refractivity contribution in [3.8, 4) is 0 Å². The van der Waals surface area contributed by atoms with Crippen LogP contribution in [-0.4, -0.2) is 66.2 Å². The molecule has 36 heavy (non-hydrogen) atoms. The standard InChI is InChI=1S/C30H49N3O3/c1-20(5-10-27(35)32-15-17-33(18-16-32)28(36)31-4)24-8-9-25-23-7-6-21-19-22(34)11-13-29(21,2)26(23)12-14-30(24,25)3/h6,20,22-26,34H,5,7-19H2,1-4H3,(H,31,36)/t20?,22-,23-,24+,25-,26-,29-,30+/m0/s1. The van der Waals surface area contributed by atoms with E-state index in [0.717, 1.165) is 43.4 Å². The van der Waals surface area contributed by atoms with Crippen LogP contribution in [0.2, 0.25) is 0 Å². The van der Waals surface area contributed by atoms with Crippen LogP contribution in [0.4, 0.5) is 4.79 Å². The maximum Gasteiger partial charge on any atom is 0.317 e. The highest BCUT2D eigenvalue weighted by molar-refractivity contribution is 5.77. The van der Waals surface area contributed by atoms with Crippen molar-refractivity contribution in [1.29, 1.82) is 0 Å². The monoisotopic (exact) mass is 499 g/mol. The molecule has 1 aliphatic heterocycles. The van der Waals surface area contributed by atoms with Crippen molar-refractivity contribution in [1.82, 2.24) is 15.1 Å². The molecule has 0 bridgehead atoms. The van der Waals surface area contributed by atoms with Crippen molar-refractivity contribution in [2.75, 3.05) is 33.2 Å². The zero-order chi connectivity index (χ0) is 25.7. The number of carbonyl (C=O) groups excluding carboxylic acids is 2. The molecule has 5 aliphatic rings. The molecule has 0 spiro atoms. The molecule has 0 aromatic heterocycles. The second kappa shape index (κ2) is 9.96. The molecule has 4 aliphatic carbocycles. The lowest BCUT2D eigenvalue weighted by atomic mass is 9.47. The highest BCUT2D eigenvalue weighted by Gasteiger charge is 2.59. The number of aliphatic hydroxyl groups excluding tert-OH is 1. The minimum absolute atomic E-state index is 0.0470. The average molecular weight is 500 g/mol. The van der Waals surface area contributed by atoms with Crippen LogP contribution in [0.5, 0.6) is 0 Å². The molecule has 1 unspecified atom stereocenters. The Kier molecular flexibility index (Phi) is 7.21. The Hall–Kier alpha value is -1.56. The Morgan fingerprint density at radius 2 is 1.78 bits per heavy atom. The third-order valence-electron chi connectivity index (χ3n) is 11.8. The first kappa shape index (κ1) is 26.1. The maximum atomic E-state index is 13.0. The average Bonchev–Trinajstić information content (AvgIpc) is 3.24. The largest absolute Gasteiger partial charge is 0.393 e. The molecule has 3 amide bonds. The Morgan fingerprint density at radius 3 is 2.50 bits per heavy atom. The summed E-state index contributed by atoms with van der Waals surface area (Å²) in [6.07, 6.45) is 13.6. The number of hydrogen-bond acceptors (Lipinski definition) is 3. The zero-order valence-electron chi connectivity index (χ0n) is 23.1. The molecule has 6 nitrogen and oxygen atoms in total. The molecule has 3 saturated carbocycles. The number of urea groups is 1. The van der Waals surface area contributed by atoms with Crippen LogP contribution < -0.4 is 5.32 Å². The van der Waals surface area contributed by atoms with E-state index in [-0.39, 0.29) is 18.0 Å². The van der Waals surface area contributed by atoms with Crippen LogP contribution in [-0.2, 0) is 4.79 Å². The quantitative estimate of drug-likeness (QED) is 0.545. The fourth-order valence-electron chi connectivity index (χ4n) is 9.64. The van der Waals surface area contributed by atoms with Gasteiger partial charge in [0.25, 0.3) is 0 Å². The van der Waals surface area contributed by atoms with Crippen LogP contribution in [0.1, 0.15) is 85.0 Å². The van der Waals surface area contributed by atoms with E-state index in [2.05, 4.69) is 32.2 Å². The number of rotatable bonds is 4. The number of amides is 3. The van der Waals surface area contributed by atoms with Crippen molar-refractivity contribution in [3.63, 3.8) is 0 Å². The smallest absolute Gasteiger partial charge is 0.317 e. The summed E-state index contributed by atoms with van der Waals surface area (Å²) in [5, 5.41) is 13.0. The van der Waals surface area contributed by atoms with Crippen LogP contribution in [0.15, 0.2) is 11.6 Å². The normalized spacial score (nSPS) is 41.0. The van der Waals surface area contributed by atoms with Crippen molar-refractivity contribution in [3.05, 3.63) is 11.6 Å². The summed E-state index contributed by atoms with van der Waals surface area (Å²) in [6, 6.07) is -0.0470. The molecule has 1 heterocycles. The van der Waals surface area contributed by atoms with Gasteiger partial charge in [0, 0.05) is 39.6 Å². The Bertz CT molecular complexity index is 881. The zero-order valence-corrected chi connectivity index (χ0v) is 23.1. The van der Waals surface area contributed by atoms with Gasteiger partial charge >= 0.3 is 6.03 Å². The number of piperazine rings is 1. The molecule has 1 saturated heterocycles. The number of carbonyl (C=O) groups is 2. The number of nitrogens with one attached hydrogen (secondary N) is 1. The number of nitrogens with zero attached hydrogens (tertiary/aromatic N) is 2. The minimum atomic E-state index is -0.131. The second-order valence-electron chi connectivity index (χ2n) is 13.3. The minimum Gasteiger partial charge on any atom is -0.393 e. The van der Waals surface area contributed by atoms with E-state index in [1.54, 1.807) is 17.5 Å². The summed E-state index contributed by atoms with van der Waals surface area (Å²) < 4.78 is 0.